The molecule has 2 aromatic rings. The lowest BCUT2D eigenvalue weighted by Gasteiger charge is -2.11. The summed E-state index contributed by atoms with van der Waals surface area (Å²) < 4.78 is 5.50. The number of amides is 1. The van der Waals surface area contributed by atoms with Crippen molar-refractivity contribution in [3.05, 3.63) is 18.3 Å². The Morgan fingerprint density at radius 2 is 2.25 bits per heavy atom. The van der Waals surface area contributed by atoms with Gasteiger partial charge in [-0.3, -0.25) is 4.79 Å². The van der Waals surface area contributed by atoms with E-state index in [9.17, 15) is 4.79 Å². The quantitative estimate of drug-likeness (QED) is 0.799. The highest BCUT2D eigenvalue weighted by molar-refractivity contribution is 8.00. The Morgan fingerprint density at radius 3 is 2.90 bits per heavy atom. The molecule has 0 spiro atoms. The molecule has 6 nitrogen and oxygen atoms in total. The summed E-state index contributed by atoms with van der Waals surface area (Å²) in [4.78, 5) is 14.9. The van der Waals surface area contributed by atoms with Crippen molar-refractivity contribution in [1.29, 1.82) is 0 Å². The second-order valence-corrected chi connectivity index (χ2v) is 6.15. The number of hydrogen-bond donors (Lipinski definition) is 2. The highest BCUT2D eigenvalue weighted by atomic mass is 32.2. The van der Waals surface area contributed by atoms with Crippen LogP contribution in [-0.2, 0) is 4.79 Å². The molecule has 2 aromatic heterocycles. The molecule has 0 aliphatic carbocycles. The van der Waals surface area contributed by atoms with Gasteiger partial charge in [0, 0.05) is 12.7 Å². The van der Waals surface area contributed by atoms with Crippen LogP contribution >= 0.6 is 11.8 Å². The third kappa shape index (κ3) is 3.86. The molecule has 7 heteroatoms. The number of hydrogen-bond acceptors (Lipinski definition) is 5. The predicted octanol–water partition coefficient (Wildman–Crippen LogP) is 2.32. The van der Waals surface area contributed by atoms with Crippen LogP contribution in [0.15, 0.2) is 28.0 Å². The van der Waals surface area contributed by atoms with Crippen molar-refractivity contribution in [1.82, 2.24) is 20.5 Å². The molecule has 20 heavy (non-hydrogen) atoms. The van der Waals surface area contributed by atoms with Gasteiger partial charge in [-0.05, 0) is 25.0 Å². The molecule has 0 aromatic carbocycles. The first-order chi connectivity index (χ1) is 9.56. The van der Waals surface area contributed by atoms with Crippen LogP contribution in [-0.4, -0.2) is 32.9 Å². The molecule has 0 aliphatic rings. The van der Waals surface area contributed by atoms with E-state index in [0.717, 1.165) is 5.69 Å². The molecule has 0 radical (unpaired) electrons. The summed E-state index contributed by atoms with van der Waals surface area (Å²) >= 11 is 1.26. The van der Waals surface area contributed by atoms with Gasteiger partial charge in [-0.1, -0.05) is 25.6 Å². The maximum absolute atomic E-state index is 11.9. The van der Waals surface area contributed by atoms with Crippen LogP contribution in [0.25, 0.3) is 11.6 Å². The van der Waals surface area contributed by atoms with E-state index in [2.05, 4.69) is 34.3 Å². The lowest BCUT2D eigenvalue weighted by atomic mass is 10.2. The molecule has 2 N–H and O–H groups in total. The molecule has 0 fully saturated rings. The highest BCUT2D eigenvalue weighted by Gasteiger charge is 2.18. The van der Waals surface area contributed by atoms with Gasteiger partial charge in [0.2, 0.25) is 5.91 Å². The first-order valence-corrected chi connectivity index (χ1v) is 7.36. The third-order valence-electron chi connectivity index (χ3n) is 2.57. The third-order valence-corrected chi connectivity index (χ3v) is 3.50. The van der Waals surface area contributed by atoms with Gasteiger partial charge in [-0.25, -0.2) is 0 Å². The summed E-state index contributed by atoms with van der Waals surface area (Å²) in [6.45, 7) is 6.59. The first kappa shape index (κ1) is 14.6. The van der Waals surface area contributed by atoms with E-state index in [0.29, 0.717) is 23.6 Å². The maximum atomic E-state index is 11.9. The van der Waals surface area contributed by atoms with Gasteiger partial charge in [0.25, 0.3) is 11.1 Å². The zero-order valence-corrected chi connectivity index (χ0v) is 12.5. The van der Waals surface area contributed by atoms with E-state index >= 15 is 0 Å². The number of carbonyl (C=O) groups is 1. The molecular formula is C13H18N4O2S. The Hall–Kier alpha value is -1.76. The Balaban J connectivity index is 1.91. The Kier molecular flexibility index (Phi) is 4.84. The molecule has 2 heterocycles. The van der Waals surface area contributed by atoms with E-state index in [-0.39, 0.29) is 11.2 Å². The number of carbonyl (C=O) groups excluding carboxylic acids is 1. The monoisotopic (exact) mass is 294 g/mol. The number of H-pyrrole nitrogens is 1. The molecule has 0 bridgehead atoms. The van der Waals surface area contributed by atoms with Gasteiger partial charge in [0.05, 0.1) is 5.25 Å². The fourth-order valence-corrected chi connectivity index (χ4v) is 2.19. The van der Waals surface area contributed by atoms with Crippen molar-refractivity contribution in [2.45, 2.75) is 31.2 Å². The number of thioether (sulfide) groups is 1. The number of aromatic nitrogens is 3. The number of nitrogens with one attached hydrogen (secondary N) is 2. The van der Waals surface area contributed by atoms with E-state index in [1.165, 1.54) is 11.8 Å². The lowest BCUT2D eigenvalue weighted by Crippen LogP contribution is -2.33. The Labute approximate surface area is 121 Å². The van der Waals surface area contributed by atoms with Crippen LogP contribution in [0.3, 0.4) is 0 Å². The van der Waals surface area contributed by atoms with Crippen LogP contribution in [0.1, 0.15) is 20.8 Å². The normalized spacial score (nSPS) is 12.6. The van der Waals surface area contributed by atoms with Crippen LogP contribution in [0.2, 0.25) is 0 Å². The van der Waals surface area contributed by atoms with Crippen molar-refractivity contribution in [2.24, 2.45) is 5.92 Å². The average molecular weight is 294 g/mol. The molecule has 1 atom stereocenters. The molecule has 0 unspecified atom stereocenters. The minimum absolute atomic E-state index is 0.0247. The minimum atomic E-state index is -0.273. The number of rotatable bonds is 6. The fourth-order valence-electron chi connectivity index (χ4n) is 1.48. The number of nitrogens with zero attached hydrogens (tertiary/aromatic N) is 2. The molecule has 1 amide bonds. The predicted molar refractivity (Wildman–Crippen MR) is 77.3 cm³/mol. The van der Waals surface area contributed by atoms with E-state index in [4.69, 9.17) is 4.42 Å². The van der Waals surface area contributed by atoms with Crippen molar-refractivity contribution in [2.75, 3.05) is 6.54 Å². The van der Waals surface area contributed by atoms with Crippen LogP contribution < -0.4 is 5.32 Å². The smallest absolute Gasteiger partial charge is 0.277 e. The second-order valence-electron chi connectivity index (χ2n) is 4.86. The lowest BCUT2D eigenvalue weighted by molar-refractivity contribution is -0.120. The maximum Gasteiger partial charge on any atom is 0.277 e. The second kappa shape index (κ2) is 6.60. The van der Waals surface area contributed by atoms with Crippen molar-refractivity contribution in [3.8, 4) is 11.6 Å². The van der Waals surface area contributed by atoms with Gasteiger partial charge in [0.1, 0.15) is 5.69 Å². The van der Waals surface area contributed by atoms with E-state index in [1.54, 1.807) is 6.20 Å². The summed E-state index contributed by atoms with van der Waals surface area (Å²) in [5.41, 5.74) is 0.765. The zero-order valence-electron chi connectivity index (χ0n) is 11.7. The average Bonchev–Trinajstić information content (AvgIpc) is 3.05. The van der Waals surface area contributed by atoms with Crippen LogP contribution in [0.5, 0.6) is 0 Å². The molecular weight excluding hydrogens is 276 g/mol. The fraction of sp³-hybridized carbons (Fsp3) is 0.462. The summed E-state index contributed by atoms with van der Waals surface area (Å²) in [6.07, 6.45) is 1.79. The van der Waals surface area contributed by atoms with Crippen molar-refractivity contribution in [3.63, 3.8) is 0 Å². The molecule has 0 saturated carbocycles. The SMILES string of the molecule is CC(C)CNC(=O)[C@H](C)Sc1nnc(-c2ccc[nH]2)o1. The molecule has 2 rings (SSSR count). The largest absolute Gasteiger partial charge is 0.410 e. The zero-order chi connectivity index (χ0) is 14.5. The summed E-state index contributed by atoms with van der Waals surface area (Å²) in [7, 11) is 0. The summed E-state index contributed by atoms with van der Waals surface area (Å²) in [5, 5.41) is 10.9. The molecule has 108 valence electrons. The summed E-state index contributed by atoms with van der Waals surface area (Å²) in [6, 6.07) is 3.70. The van der Waals surface area contributed by atoms with Gasteiger partial charge in [-0.2, -0.15) is 0 Å². The molecule has 0 saturated heterocycles. The van der Waals surface area contributed by atoms with E-state index < -0.39 is 0 Å². The van der Waals surface area contributed by atoms with Crippen LogP contribution in [0, 0.1) is 5.92 Å². The number of aromatic amines is 1. The van der Waals surface area contributed by atoms with Gasteiger partial charge in [-0.15, -0.1) is 10.2 Å². The van der Waals surface area contributed by atoms with Crippen LogP contribution in [0.4, 0.5) is 0 Å². The van der Waals surface area contributed by atoms with Gasteiger partial charge >= 0.3 is 0 Å². The Morgan fingerprint density at radius 1 is 1.45 bits per heavy atom. The van der Waals surface area contributed by atoms with Gasteiger partial charge < -0.3 is 14.7 Å². The van der Waals surface area contributed by atoms with E-state index in [1.807, 2.05) is 19.1 Å². The first-order valence-electron chi connectivity index (χ1n) is 6.48. The molecule has 0 aliphatic heterocycles. The highest BCUT2D eigenvalue weighted by Crippen LogP contribution is 2.25. The standard InChI is InChI=1S/C13H18N4O2S/c1-8(2)7-15-11(18)9(3)20-13-17-16-12(19-13)10-5-4-6-14-10/h4-6,8-9,14H,7H2,1-3H3,(H,15,18)/t9-/m0/s1. The Bertz CT molecular complexity index is 550. The summed E-state index contributed by atoms with van der Waals surface area (Å²) in [5.74, 6) is 0.828. The van der Waals surface area contributed by atoms with Crippen molar-refractivity contribution < 1.29 is 9.21 Å². The topological polar surface area (TPSA) is 83.8 Å². The van der Waals surface area contributed by atoms with Gasteiger partial charge in [0.15, 0.2) is 0 Å². The van der Waals surface area contributed by atoms with Crippen molar-refractivity contribution >= 4 is 17.7 Å². The minimum Gasteiger partial charge on any atom is -0.410 e.